The number of ether oxygens (including phenoxy) is 1. The number of aryl methyl sites for hydroxylation is 1. The van der Waals surface area contributed by atoms with Crippen molar-refractivity contribution >= 4 is 11.9 Å². The number of rotatable bonds is 5. The molecule has 0 aliphatic carbocycles. The first kappa shape index (κ1) is 15.2. The number of carbonyl (C=O) groups is 2. The van der Waals surface area contributed by atoms with E-state index in [1.54, 1.807) is 10.9 Å². The molecule has 122 valence electrons. The fourth-order valence-corrected chi connectivity index (χ4v) is 2.37. The van der Waals surface area contributed by atoms with E-state index in [-0.39, 0.29) is 25.3 Å². The summed E-state index contributed by atoms with van der Waals surface area (Å²) in [5.74, 6) is -1.28. The van der Waals surface area contributed by atoms with Crippen molar-refractivity contribution in [1.29, 1.82) is 0 Å². The largest absolute Gasteiger partial charge is 0.479 e. The molecule has 3 heterocycles. The summed E-state index contributed by atoms with van der Waals surface area (Å²) >= 11 is 0. The molecule has 2 N–H and O–H groups in total. The highest BCUT2D eigenvalue weighted by Crippen LogP contribution is 2.20. The van der Waals surface area contributed by atoms with Gasteiger partial charge in [-0.2, -0.15) is 5.10 Å². The SMILES string of the molecule is Cc1cnn(Cc2cc(C(=O)NC3(C(=O)O)CCOC3)no2)c1. The molecule has 0 bridgehead atoms. The standard InChI is InChI=1S/C14H16N4O5/c1-9-5-15-18(6-9)7-10-4-11(17-23-10)12(19)16-14(13(20)21)2-3-22-8-14/h4-6H,2-3,7-8H2,1H3,(H,16,19)(H,20,21). The van der Waals surface area contributed by atoms with Gasteiger partial charge in [-0.15, -0.1) is 0 Å². The van der Waals surface area contributed by atoms with Crippen LogP contribution in [0.1, 0.15) is 28.2 Å². The molecule has 1 amide bonds. The molecule has 1 unspecified atom stereocenters. The molecule has 0 spiro atoms. The molecule has 0 aromatic carbocycles. The lowest BCUT2D eigenvalue weighted by molar-refractivity contribution is -0.144. The number of hydrogen-bond donors (Lipinski definition) is 2. The molecule has 0 saturated carbocycles. The van der Waals surface area contributed by atoms with E-state index < -0.39 is 17.4 Å². The van der Waals surface area contributed by atoms with Gasteiger partial charge >= 0.3 is 5.97 Å². The smallest absolute Gasteiger partial charge is 0.331 e. The highest BCUT2D eigenvalue weighted by Gasteiger charge is 2.44. The Balaban J connectivity index is 1.69. The third kappa shape index (κ3) is 3.09. The van der Waals surface area contributed by atoms with Crippen molar-refractivity contribution in [3.8, 4) is 0 Å². The minimum absolute atomic E-state index is 0.0244. The zero-order valence-electron chi connectivity index (χ0n) is 12.5. The molecule has 1 fully saturated rings. The maximum Gasteiger partial charge on any atom is 0.331 e. The summed E-state index contributed by atoms with van der Waals surface area (Å²) in [5, 5.41) is 19.6. The third-order valence-corrected chi connectivity index (χ3v) is 3.66. The minimum Gasteiger partial charge on any atom is -0.479 e. The lowest BCUT2D eigenvalue weighted by Gasteiger charge is -2.22. The Morgan fingerprint density at radius 2 is 2.35 bits per heavy atom. The molecular weight excluding hydrogens is 304 g/mol. The summed E-state index contributed by atoms with van der Waals surface area (Å²) in [6, 6.07) is 1.47. The van der Waals surface area contributed by atoms with E-state index in [1.807, 2.05) is 13.1 Å². The van der Waals surface area contributed by atoms with Crippen molar-refractivity contribution in [3.05, 3.63) is 35.5 Å². The van der Waals surface area contributed by atoms with Crippen LogP contribution in [0.15, 0.2) is 23.0 Å². The molecule has 9 heteroatoms. The molecule has 3 rings (SSSR count). The number of hydrogen-bond acceptors (Lipinski definition) is 6. The average molecular weight is 320 g/mol. The summed E-state index contributed by atoms with van der Waals surface area (Å²) in [4.78, 5) is 23.6. The van der Waals surface area contributed by atoms with Crippen LogP contribution in [-0.2, 0) is 16.1 Å². The van der Waals surface area contributed by atoms with Crippen molar-refractivity contribution in [3.63, 3.8) is 0 Å². The molecule has 1 aliphatic rings. The van der Waals surface area contributed by atoms with Crippen molar-refractivity contribution in [2.24, 2.45) is 0 Å². The Labute approximate surface area is 131 Å². The van der Waals surface area contributed by atoms with Crippen LogP contribution in [-0.4, -0.2) is 50.7 Å². The van der Waals surface area contributed by atoms with Crippen LogP contribution in [0.3, 0.4) is 0 Å². The van der Waals surface area contributed by atoms with Crippen LogP contribution in [0.4, 0.5) is 0 Å². The zero-order valence-corrected chi connectivity index (χ0v) is 12.5. The second kappa shape index (κ2) is 5.84. The second-order valence-corrected chi connectivity index (χ2v) is 5.54. The van der Waals surface area contributed by atoms with Crippen LogP contribution in [0.25, 0.3) is 0 Å². The number of carboxylic acids is 1. The highest BCUT2D eigenvalue weighted by molar-refractivity contribution is 5.96. The molecule has 9 nitrogen and oxygen atoms in total. The molecule has 2 aromatic rings. The van der Waals surface area contributed by atoms with Crippen LogP contribution in [0, 0.1) is 6.92 Å². The Kier molecular flexibility index (Phi) is 3.87. The summed E-state index contributed by atoms with van der Waals surface area (Å²) in [6.45, 7) is 2.47. The van der Waals surface area contributed by atoms with E-state index in [9.17, 15) is 14.7 Å². The lowest BCUT2D eigenvalue weighted by Crippen LogP contribution is -2.55. The molecule has 0 radical (unpaired) electrons. The van der Waals surface area contributed by atoms with E-state index >= 15 is 0 Å². The van der Waals surface area contributed by atoms with Gasteiger partial charge in [0.2, 0.25) is 0 Å². The fraction of sp³-hybridized carbons (Fsp3) is 0.429. The number of aromatic nitrogens is 3. The van der Waals surface area contributed by atoms with Gasteiger partial charge in [0.05, 0.1) is 12.8 Å². The first-order chi connectivity index (χ1) is 11.0. The summed E-state index contributed by atoms with van der Waals surface area (Å²) in [7, 11) is 0. The number of nitrogens with one attached hydrogen (secondary N) is 1. The monoisotopic (exact) mass is 320 g/mol. The maximum atomic E-state index is 12.2. The molecule has 2 aromatic heterocycles. The van der Waals surface area contributed by atoms with Gasteiger partial charge in [0.15, 0.2) is 17.0 Å². The van der Waals surface area contributed by atoms with Gasteiger partial charge in [-0.1, -0.05) is 5.16 Å². The van der Waals surface area contributed by atoms with Crippen molar-refractivity contribution in [2.75, 3.05) is 13.2 Å². The van der Waals surface area contributed by atoms with E-state index in [1.165, 1.54) is 6.07 Å². The molecule has 1 saturated heterocycles. The van der Waals surface area contributed by atoms with E-state index in [2.05, 4.69) is 15.6 Å². The molecule has 1 aliphatic heterocycles. The Hall–Kier alpha value is -2.68. The van der Waals surface area contributed by atoms with Crippen molar-refractivity contribution < 1.29 is 24.0 Å². The van der Waals surface area contributed by atoms with Gasteiger partial charge in [-0.25, -0.2) is 4.79 Å². The van der Waals surface area contributed by atoms with E-state index in [0.717, 1.165) is 5.56 Å². The molecule has 1 atom stereocenters. The first-order valence-electron chi connectivity index (χ1n) is 7.07. The predicted octanol–water partition coefficient (Wildman–Crippen LogP) is 0.201. The number of carboxylic acid groups (broad SMARTS) is 1. The number of amides is 1. The van der Waals surface area contributed by atoms with Gasteiger partial charge in [0.25, 0.3) is 5.91 Å². The number of aliphatic carboxylic acids is 1. The Bertz CT molecular complexity index is 729. The van der Waals surface area contributed by atoms with Crippen LogP contribution >= 0.6 is 0 Å². The third-order valence-electron chi connectivity index (χ3n) is 3.66. The maximum absolute atomic E-state index is 12.2. The van der Waals surface area contributed by atoms with Crippen LogP contribution in [0.2, 0.25) is 0 Å². The Morgan fingerprint density at radius 3 is 2.96 bits per heavy atom. The quantitative estimate of drug-likeness (QED) is 0.807. The van der Waals surface area contributed by atoms with Crippen LogP contribution in [0.5, 0.6) is 0 Å². The predicted molar refractivity (Wildman–Crippen MR) is 75.8 cm³/mol. The van der Waals surface area contributed by atoms with Gasteiger partial charge in [-0.05, 0) is 12.5 Å². The van der Waals surface area contributed by atoms with E-state index in [4.69, 9.17) is 9.26 Å². The number of nitrogens with zero attached hydrogens (tertiary/aromatic N) is 3. The van der Waals surface area contributed by atoms with Gasteiger partial charge in [-0.3, -0.25) is 9.48 Å². The highest BCUT2D eigenvalue weighted by atomic mass is 16.5. The molecule has 23 heavy (non-hydrogen) atoms. The van der Waals surface area contributed by atoms with Crippen LogP contribution < -0.4 is 5.32 Å². The second-order valence-electron chi connectivity index (χ2n) is 5.54. The lowest BCUT2D eigenvalue weighted by atomic mass is 9.99. The van der Waals surface area contributed by atoms with Gasteiger partial charge in [0.1, 0.15) is 6.54 Å². The summed E-state index contributed by atoms with van der Waals surface area (Å²) in [6.07, 6.45) is 3.75. The zero-order chi connectivity index (χ0) is 16.4. The number of carbonyl (C=O) groups excluding carboxylic acids is 1. The average Bonchev–Trinajstić information content (AvgIpc) is 3.21. The minimum atomic E-state index is -1.41. The van der Waals surface area contributed by atoms with E-state index in [0.29, 0.717) is 12.3 Å². The summed E-state index contributed by atoms with van der Waals surface area (Å²) in [5.41, 5.74) is -0.376. The van der Waals surface area contributed by atoms with Crippen molar-refractivity contribution in [2.45, 2.75) is 25.4 Å². The van der Waals surface area contributed by atoms with Crippen molar-refractivity contribution in [1.82, 2.24) is 20.3 Å². The summed E-state index contributed by atoms with van der Waals surface area (Å²) < 4.78 is 11.9. The fourth-order valence-electron chi connectivity index (χ4n) is 2.37. The Morgan fingerprint density at radius 1 is 1.52 bits per heavy atom. The topological polar surface area (TPSA) is 119 Å². The first-order valence-corrected chi connectivity index (χ1v) is 7.07. The van der Waals surface area contributed by atoms with Gasteiger partial charge < -0.3 is 19.7 Å². The molecular formula is C14H16N4O5. The normalized spacial score (nSPS) is 20.6. The van der Waals surface area contributed by atoms with Gasteiger partial charge in [0, 0.05) is 25.3 Å².